The topological polar surface area (TPSA) is 101 Å². The Hall–Kier alpha value is -2.54. The molecule has 0 radical (unpaired) electrons. The molecule has 1 atom stereocenters. The minimum Gasteiger partial charge on any atom is -0.394 e. The van der Waals surface area contributed by atoms with Crippen molar-refractivity contribution in [2.45, 2.75) is 26.8 Å². The van der Waals surface area contributed by atoms with Crippen LogP contribution in [0.3, 0.4) is 0 Å². The number of anilines is 1. The van der Waals surface area contributed by atoms with Crippen molar-refractivity contribution in [3.8, 4) is 11.4 Å². The van der Waals surface area contributed by atoms with E-state index >= 15 is 0 Å². The molecule has 1 aromatic carbocycles. The number of nitro groups is 1. The molecular weight excluding hydrogens is 296 g/mol. The first-order chi connectivity index (χ1) is 10.9. The Morgan fingerprint density at radius 3 is 2.43 bits per heavy atom. The van der Waals surface area contributed by atoms with Crippen LogP contribution < -0.4 is 5.32 Å². The average Bonchev–Trinajstić information content (AvgIpc) is 2.51. The van der Waals surface area contributed by atoms with E-state index in [1.165, 1.54) is 12.1 Å². The number of hydrogen-bond donors (Lipinski definition) is 2. The van der Waals surface area contributed by atoms with Gasteiger partial charge in [0.1, 0.15) is 5.82 Å². The van der Waals surface area contributed by atoms with E-state index in [4.69, 9.17) is 0 Å². The van der Waals surface area contributed by atoms with Crippen molar-refractivity contribution in [1.29, 1.82) is 0 Å². The molecule has 0 spiro atoms. The summed E-state index contributed by atoms with van der Waals surface area (Å²) in [5.41, 5.74) is 1.50. The molecule has 0 fully saturated rings. The quantitative estimate of drug-likeness (QED) is 0.627. The lowest BCUT2D eigenvalue weighted by molar-refractivity contribution is -0.384. The molecule has 7 nitrogen and oxygen atoms in total. The van der Waals surface area contributed by atoms with Crippen molar-refractivity contribution in [3.63, 3.8) is 0 Å². The molecule has 0 aliphatic rings. The van der Waals surface area contributed by atoms with Crippen molar-refractivity contribution < 1.29 is 10.0 Å². The third-order valence-corrected chi connectivity index (χ3v) is 3.53. The highest BCUT2D eigenvalue weighted by Crippen LogP contribution is 2.22. The fourth-order valence-corrected chi connectivity index (χ4v) is 2.12. The highest BCUT2D eigenvalue weighted by molar-refractivity contribution is 5.59. The number of rotatable bonds is 6. The van der Waals surface area contributed by atoms with E-state index in [-0.39, 0.29) is 24.3 Å². The summed E-state index contributed by atoms with van der Waals surface area (Å²) >= 11 is 0. The Morgan fingerprint density at radius 2 is 1.91 bits per heavy atom. The molecule has 0 unspecified atom stereocenters. The molecule has 0 saturated carbocycles. The second-order valence-electron chi connectivity index (χ2n) is 5.70. The lowest BCUT2D eigenvalue weighted by atomic mass is 10.1. The maximum atomic E-state index is 10.7. The van der Waals surface area contributed by atoms with Gasteiger partial charge in [0, 0.05) is 29.5 Å². The monoisotopic (exact) mass is 316 g/mol. The van der Waals surface area contributed by atoms with Gasteiger partial charge in [-0.15, -0.1) is 0 Å². The van der Waals surface area contributed by atoms with E-state index in [0.717, 1.165) is 5.69 Å². The number of nitrogens with one attached hydrogen (secondary N) is 1. The summed E-state index contributed by atoms with van der Waals surface area (Å²) in [6, 6.07) is 7.82. The van der Waals surface area contributed by atoms with Gasteiger partial charge in [0.05, 0.1) is 17.6 Å². The van der Waals surface area contributed by atoms with Gasteiger partial charge in [0.25, 0.3) is 5.69 Å². The lowest BCUT2D eigenvalue weighted by Crippen LogP contribution is -2.30. The molecule has 2 rings (SSSR count). The summed E-state index contributed by atoms with van der Waals surface area (Å²) < 4.78 is 0. The summed E-state index contributed by atoms with van der Waals surface area (Å²) in [4.78, 5) is 19.1. The van der Waals surface area contributed by atoms with Gasteiger partial charge in [-0.25, -0.2) is 9.97 Å². The van der Waals surface area contributed by atoms with Crippen molar-refractivity contribution in [1.82, 2.24) is 9.97 Å². The van der Waals surface area contributed by atoms with Gasteiger partial charge >= 0.3 is 0 Å². The summed E-state index contributed by atoms with van der Waals surface area (Å²) in [6.45, 7) is 5.89. The molecule has 1 heterocycles. The lowest BCUT2D eigenvalue weighted by Gasteiger charge is -2.21. The van der Waals surface area contributed by atoms with Gasteiger partial charge < -0.3 is 10.4 Å². The largest absolute Gasteiger partial charge is 0.394 e. The van der Waals surface area contributed by atoms with E-state index in [1.807, 2.05) is 20.8 Å². The molecule has 1 aromatic heterocycles. The summed E-state index contributed by atoms with van der Waals surface area (Å²) in [7, 11) is 0. The van der Waals surface area contributed by atoms with Crippen LogP contribution in [0.5, 0.6) is 0 Å². The Bertz CT molecular complexity index is 686. The number of hydrogen-bond acceptors (Lipinski definition) is 6. The fourth-order valence-electron chi connectivity index (χ4n) is 2.12. The van der Waals surface area contributed by atoms with E-state index in [0.29, 0.717) is 17.2 Å². The fraction of sp³-hybridized carbons (Fsp3) is 0.375. The molecule has 0 amide bonds. The van der Waals surface area contributed by atoms with Crippen molar-refractivity contribution in [2.75, 3.05) is 11.9 Å². The van der Waals surface area contributed by atoms with Gasteiger partial charge in [0.15, 0.2) is 5.82 Å². The van der Waals surface area contributed by atoms with Crippen LogP contribution in [0.25, 0.3) is 11.4 Å². The van der Waals surface area contributed by atoms with Crippen LogP contribution in [0.1, 0.15) is 19.5 Å². The number of aliphatic hydroxyl groups excluding tert-OH is 1. The molecule has 0 saturated heterocycles. The van der Waals surface area contributed by atoms with Crippen LogP contribution in [-0.2, 0) is 0 Å². The minimum absolute atomic E-state index is 0.00752. The van der Waals surface area contributed by atoms with E-state index < -0.39 is 4.92 Å². The number of nitro benzene ring substituents is 1. The first kappa shape index (κ1) is 16.8. The van der Waals surface area contributed by atoms with Crippen LogP contribution in [-0.4, -0.2) is 32.6 Å². The van der Waals surface area contributed by atoms with Gasteiger partial charge in [-0.2, -0.15) is 0 Å². The molecular formula is C16H20N4O3. The van der Waals surface area contributed by atoms with Crippen molar-refractivity contribution in [2.24, 2.45) is 5.92 Å². The predicted molar refractivity (Wildman–Crippen MR) is 88.2 cm³/mol. The Labute approximate surface area is 134 Å². The van der Waals surface area contributed by atoms with Crippen LogP contribution >= 0.6 is 0 Å². The maximum absolute atomic E-state index is 10.7. The number of aryl methyl sites for hydroxylation is 1. The molecule has 0 aliphatic heterocycles. The molecule has 122 valence electrons. The molecule has 0 aliphatic carbocycles. The third-order valence-electron chi connectivity index (χ3n) is 3.53. The van der Waals surface area contributed by atoms with Gasteiger partial charge in [-0.1, -0.05) is 13.8 Å². The van der Waals surface area contributed by atoms with Crippen molar-refractivity contribution in [3.05, 3.63) is 46.1 Å². The summed E-state index contributed by atoms with van der Waals surface area (Å²) in [5.74, 6) is 1.36. The van der Waals surface area contributed by atoms with Crippen LogP contribution in [0.2, 0.25) is 0 Å². The highest BCUT2D eigenvalue weighted by atomic mass is 16.6. The van der Waals surface area contributed by atoms with Crippen LogP contribution in [0, 0.1) is 23.0 Å². The number of benzene rings is 1. The number of nitrogens with zero attached hydrogens (tertiary/aromatic N) is 3. The van der Waals surface area contributed by atoms with Crippen molar-refractivity contribution >= 4 is 11.5 Å². The van der Waals surface area contributed by atoms with E-state index in [2.05, 4.69) is 15.3 Å². The Morgan fingerprint density at radius 1 is 1.26 bits per heavy atom. The SMILES string of the molecule is Cc1cc(N[C@@H](CO)C(C)C)nc(-c2ccc([N+](=O)[O-])cc2)n1. The summed E-state index contributed by atoms with van der Waals surface area (Å²) in [6.07, 6.45) is 0. The molecule has 7 heteroatoms. The average molecular weight is 316 g/mol. The zero-order valence-electron chi connectivity index (χ0n) is 13.4. The maximum Gasteiger partial charge on any atom is 0.269 e. The van der Waals surface area contributed by atoms with Gasteiger partial charge in [-0.05, 0) is 25.0 Å². The summed E-state index contributed by atoms with van der Waals surface area (Å²) in [5, 5.41) is 23.3. The first-order valence-corrected chi connectivity index (χ1v) is 7.38. The van der Waals surface area contributed by atoms with Crippen LogP contribution in [0.15, 0.2) is 30.3 Å². The first-order valence-electron chi connectivity index (χ1n) is 7.38. The van der Waals surface area contributed by atoms with E-state index in [1.54, 1.807) is 18.2 Å². The smallest absolute Gasteiger partial charge is 0.269 e. The molecule has 2 N–H and O–H groups in total. The molecule has 23 heavy (non-hydrogen) atoms. The molecule has 2 aromatic rings. The number of aromatic nitrogens is 2. The second kappa shape index (κ2) is 7.15. The molecule has 0 bridgehead atoms. The zero-order chi connectivity index (χ0) is 17.0. The normalized spacial score (nSPS) is 12.2. The third kappa shape index (κ3) is 4.23. The highest BCUT2D eigenvalue weighted by Gasteiger charge is 2.14. The zero-order valence-corrected chi connectivity index (χ0v) is 13.4. The Balaban J connectivity index is 2.31. The minimum atomic E-state index is -0.442. The van der Waals surface area contributed by atoms with Gasteiger partial charge in [0.2, 0.25) is 0 Å². The predicted octanol–water partition coefficient (Wildman–Crippen LogP) is 2.79. The van der Waals surface area contributed by atoms with Gasteiger partial charge in [-0.3, -0.25) is 10.1 Å². The Kier molecular flexibility index (Phi) is 5.23. The second-order valence-corrected chi connectivity index (χ2v) is 5.70. The number of aliphatic hydroxyl groups is 1. The standard InChI is InChI=1S/C16H20N4O3/c1-10(2)14(9-21)18-15-8-11(3)17-16(19-15)12-4-6-13(7-5-12)20(22)23/h4-8,10,14,21H,9H2,1-3H3,(H,17,18,19)/t14-/m0/s1. The van der Waals surface area contributed by atoms with E-state index in [9.17, 15) is 15.2 Å². The number of non-ortho nitro benzene ring substituents is 1. The van der Waals surface area contributed by atoms with Crippen LogP contribution in [0.4, 0.5) is 11.5 Å².